The lowest BCUT2D eigenvalue weighted by atomic mass is 10.2. The van der Waals surface area contributed by atoms with E-state index in [1.807, 2.05) is 0 Å². The Kier molecular flexibility index (Phi) is 4.70. The largest absolute Gasteiger partial charge is 0.481 e. The molecule has 8 heteroatoms. The number of rotatable bonds is 5. The van der Waals surface area contributed by atoms with E-state index in [0.717, 1.165) is 11.3 Å². The highest BCUT2D eigenvalue weighted by Crippen LogP contribution is 1.95. The molecule has 1 atom stereocenters. The number of nitrogens with one attached hydrogen (secondary N) is 3. The molecule has 1 rings (SSSR count). The van der Waals surface area contributed by atoms with E-state index in [1.54, 1.807) is 12.3 Å². The molecule has 7 nitrogen and oxygen atoms in total. The molecule has 1 heterocycles. The second kappa shape index (κ2) is 6.04. The first-order chi connectivity index (χ1) is 7.97. The summed E-state index contributed by atoms with van der Waals surface area (Å²) in [6.45, 7) is 1.80. The van der Waals surface area contributed by atoms with Gasteiger partial charge in [0, 0.05) is 17.1 Å². The summed E-state index contributed by atoms with van der Waals surface area (Å²) in [4.78, 5) is 34.8. The molecular formula is C9H13N3O4S. The maximum atomic E-state index is 11.3. The summed E-state index contributed by atoms with van der Waals surface area (Å²) in [6, 6.07) is -0.917. The number of carboxylic acids is 1. The number of aromatic nitrogens is 1. The van der Waals surface area contributed by atoms with Gasteiger partial charge in [-0.1, -0.05) is 11.3 Å². The number of carboxylic acid groups (broad SMARTS) is 1. The molecule has 0 radical (unpaired) electrons. The predicted octanol–water partition coefficient (Wildman–Crippen LogP) is 0.0988. The molecular weight excluding hydrogens is 246 g/mol. The molecule has 17 heavy (non-hydrogen) atoms. The highest BCUT2D eigenvalue weighted by atomic mass is 32.1. The van der Waals surface area contributed by atoms with E-state index in [9.17, 15) is 14.4 Å². The minimum atomic E-state index is -0.972. The highest BCUT2D eigenvalue weighted by molar-refractivity contribution is 7.07. The molecule has 4 N–H and O–H groups in total. The lowest BCUT2D eigenvalue weighted by molar-refractivity contribution is -0.137. The summed E-state index contributed by atoms with van der Waals surface area (Å²) in [6.07, 6.45) is -0.136. The Bertz CT molecular complexity index is 453. The van der Waals surface area contributed by atoms with Crippen LogP contribution in [-0.4, -0.2) is 28.1 Å². The third kappa shape index (κ3) is 5.16. The summed E-state index contributed by atoms with van der Waals surface area (Å²) in [5.41, 5.74) is 0.612. The Hall–Kier alpha value is -1.83. The first kappa shape index (κ1) is 13.2. The molecule has 0 fully saturated rings. The number of thiazole rings is 1. The lowest BCUT2D eigenvalue weighted by Gasteiger charge is -2.11. The molecule has 0 saturated heterocycles. The van der Waals surface area contributed by atoms with E-state index in [4.69, 9.17) is 5.11 Å². The van der Waals surface area contributed by atoms with Gasteiger partial charge in [-0.05, 0) is 6.92 Å². The van der Waals surface area contributed by atoms with E-state index < -0.39 is 18.0 Å². The molecule has 0 spiro atoms. The monoisotopic (exact) mass is 259 g/mol. The van der Waals surface area contributed by atoms with Gasteiger partial charge in [0.2, 0.25) is 0 Å². The van der Waals surface area contributed by atoms with Crippen LogP contribution in [0, 0.1) is 0 Å². The second-order valence-corrected chi connectivity index (χ2v) is 4.34. The molecule has 94 valence electrons. The third-order valence-electron chi connectivity index (χ3n) is 1.87. The summed E-state index contributed by atoms with van der Waals surface area (Å²) in [7, 11) is 0. The lowest BCUT2D eigenvalue weighted by Crippen LogP contribution is -2.41. The Morgan fingerprint density at radius 1 is 1.59 bits per heavy atom. The second-order valence-electron chi connectivity index (χ2n) is 3.50. The minimum absolute atomic E-state index is 0.136. The van der Waals surface area contributed by atoms with Crippen LogP contribution < -0.4 is 15.5 Å². The van der Waals surface area contributed by atoms with E-state index >= 15 is 0 Å². The number of amides is 2. The molecule has 1 aromatic heterocycles. The van der Waals surface area contributed by atoms with Crippen molar-refractivity contribution in [3.63, 3.8) is 0 Å². The number of aromatic amines is 1. The van der Waals surface area contributed by atoms with Gasteiger partial charge in [0.25, 0.3) is 0 Å². The molecule has 2 amide bonds. The van der Waals surface area contributed by atoms with Crippen LogP contribution in [0.1, 0.15) is 19.0 Å². The number of aliphatic carboxylic acids is 1. The highest BCUT2D eigenvalue weighted by Gasteiger charge is 2.10. The van der Waals surface area contributed by atoms with E-state index in [1.165, 1.54) is 0 Å². The number of H-pyrrole nitrogens is 1. The van der Waals surface area contributed by atoms with Crippen LogP contribution in [0.5, 0.6) is 0 Å². The molecule has 1 unspecified atom stereocenters. The first-order valence-corrected chi connectivity index (χ1v) is 5.78. The van der Waals surface area contributed by atoms with Crippen LogP contribution in [0.25, 0.3) is 0 Å². The zero-order valence-corrected chi connectivity index (χ0v) is 9.97. The van der Waals surface area contributed by atoms with Crippen molar-refractivity contribution >= 4 is 23.3 Å². The number of hydrogen-bond acceptors (Lipinski definition) is 4. The van der Waals surface area contributed by atoms with Crippen molar-refractivity contribution in [2.75, 3.05) is 0 Å². The van der Waals surface area contributed by atoms with Crippen molar-refractivity contribution in [1.82, 2.24) is 15.6 Å². The maximum absolute atomic E-state index is 11.3. The average Bonchev–Trinajstić information content (AvgIpc) is 2.59. The van der Waals surface area contributed by atoms with Crippen molar-refractivity contribution in [2.45, 2.75) is 25.9 Å². The Morgan fingerprint density at radius 3 is 2.82 bits per heavy atom. The summed E-state index contributed by atoms with van der Waals surface area (Å²) in [5, 5.41) is 15.1. The predicted molar refractivity (Wildman–Crippen MR) is 62.0 cm³/mol. The van der Waals surface area contributed by atoms with Gasteiger partial charge in [0.15, 0.2) is 0 Å². The number of carbonyl (C=O) groups excluding carboxylic acids is 1. The minimum Gasteiger partial charge on any atom is -0.481 e. The van der Waals surface area contributed by atoms with Gasteiger partial charge in [0.1, 0.15) is 0 Å². The van der Waals surface area contributed by atoms with Crippen LogP contribution in [0.4, 0.5) is 4.79 Å². The van der Waals surface area contributed by atoms with E-state index in [2.05, 4.69) is 15.6 Å². The number of carbonyl (C=O) groups is 2. The Labute approximate surface area is 101 Å². The Balaban J connectivity index is 2.30. The van der Waals surface area contributed by atoms with Gasteiger partial charge < -0.3 is 20.7 Å². The fourth-order valence-electron chi connectivity index (χ4n) is 1.16. The van der Waals surface area contributed by atoms with E-state index in [0.29, 0.717) is 5.69 Å². The molecule has 0 bridgehead atoms. The Morgan fingerprint density at radius 2 is 2.29 bits per heavy atom. The normalized spacial score (nSPS) is 11.8. The number of hydrogen-bond donors (Lipinski definition) is 4. The quantitative estimate of drug-likeness (QED) is 0.600. The molecule has 0 aromatic carbocycles. The van der Waals surface area contributed by atoms with Crippen molar-refractivity contribution < 1.29 is 14.7 Å². The van der Waals surface area contributed by atoms with Crippen molar-refractivity contribution in [2.24, 2.45) is 0 Å². The topological polar surface area (TPSA) is 111 Å². The molecule has 0 saturated carbocycles. The van der Waals surface area contributed by atoms with Crippen LogP contribution in [0.3, 0.4) is 0 Å². The van der Waals surface area contributed by atoms with Crippen LogP contribution in [0.2, 0.25) is 0 Å². The fourth-order valence-corrected chi connectivity index (χ4v) is 1.75. The fraction of sp³-hybridized carbons (Fsp3) is 0.444. The maximum Gasteiger partial charge on any atom is 0.315 e. The third-order valence-corrected chi connectivity index (χ3v) is 2.59. The van der Waals surface area contributed by atoms with Gasteiger partial charge in [-0.15, -0.1) is 0 Å². The summed E-state index contributed by atoms with van der Waals surface area (Å²) < 4.78 is 0. The summed E-state index contributed by atoms with van der Waals surface area (Å²) >= 11 is 1.02. The van der Waals surface area contributed by atoms with E-state index in [-0.39, 0.29) is 17.8 Å². The van der Waals surface area contributed by atoms with Gasteiger partial charge in [-0.2, -0.15) is 0 Å². The first-order valence-electron chi connectivity index (χ1n) is 4.90. The molecule has 0 aliphatic rings. The van der Waals surface area contributed by atoms with Crippen molar-refractivity contribution in [3.8, 4) is 0 Å². The zero-order chi connectivity index (χ0) is 12.8. The van der Waals surface area contributed by atoms with Gasteiger partial charge in [-0.3, -0.25) is 9.59 Å². The van der Waals surface area contributed by atoms with Crippen molar-refractivity contribution in [3.05, 3.63) is 20.7 Å². The van der Waals surface area contributed by atoms with Crippen LogP contribution in [0.15, 0.2) is 10.2 Å². The SMILES string of the molecule is CC(CC(=O)O)NC(=O)NCc1csc(=O)[nH]1. The number of urea groups is 1. The van der Waals surface area contributed by atoms with Crippen molar-refractivity contribution in [1.29, 1.82) is 0 Å². The average molecular weight is 259 g/mol. The smallest absolute Gasteiger partial charge is 0.315 e. The molecule has 0 aliphatic carbocycles. The van der Waals surface area contributed by atoms with Gasteiger partial charge in [-0.25, -0.2) is 4.79 Å². The van der Waals surface area contributed by atoms with Crippen LogP contribution in [-0.2, 0) is 11.3 Å². The zero-order valence-electron chi connectivity index (χ0n) is 9.15. The van der Waals surface area contributed by atoms with Gasteiger partial charge >= 0.3 is 16.9 Å². The molecule has 0 aliphatic heterocycles. The standard InChI is InChI=1S/C9H13N3O4S/c1-5(2-7(13)14)11-8(15)10-3-6-4-17-9(16)12-6/h4-5H,2-3H2,1H3,(H,12,16)(H,13,14)(H2,10,11,15). The van der Waals surface area contributed by atoms with Gasteiger partial charge in [0.05, 0.1) is 13.0 Å². The molecule has 1 aromatic rings. The van der Waals surface area contributed by atoms with Crippen LogP contribution >= 0.6 is 11.3 Å². The summed E-state index contributed by atoms with van der Waals surface area (Å²) in [5.74, 6) is -0.972.